The largest absolute Gasteiger partial charge is 0.373 e. The number of hydrogen-bond donors (Lipinski definition) is 2. The maximum atomic E-state index is 11.5. The topological polar surface area (TPSA) is 71.1 Å². The van der Waals surface area contributed by atoms with Gasteiger partial charge in [0.25, 0.3) is 0 Å². The van der Waals surface area contributed by atoms with Crippen LogP contribution in [0.5, 0.6) is 0 Å². The third-order valence-electron chi connectivity index (χ3n) is 1.64. The molecule has 0 aliphatic rings. The zero-order chi connectivity index (χ0) is 10.6. The van der Waals surface area contributed by atoms with Crippen molar-refractivity contribution in [2.75, 3.05) is 18.9 Å². The quantitative estimate of drug-likeness (QED) is 0.763. The van der Waals surface area contributed by atoms with Crippen LogP contribution >= 0.6 is 0 Å². The Morgan fingerprint density at radius 1 is 1.43 bits per heavy atom. The molecule has 0 aromatic carbocycles. The molecular weight excluding hydrogens is 202 g/mol. The second kappa shape index (κ2) is 4.39. The predicted molar refractivity (Wildman–Crippen MR) is 54.6 cm³/mol. The third-order valence-corrected chi connectivity index (χ3v) is 3.17. The lowest BCUT2D eigenvalue weighted by atomic mass is 10.5. The Balaban J connectivity index is 2.97. The van der Waals surface area contributed by atoms with Gasteiger partial charge in [-0.15, -0.1) is 0 Å². The minimum Gasteiger partial charge on any atom is -0.373 e. The van der Waals surface area contributed by atoms with Crippen molar-refractivity contribution in [3.05, 3.63) is 18.3 Å². The van der Waals surface area contributed by atoms with E-state index < -0.39 is 10.0 Å². The molecule has 0 amide bonds. The van der Waals surface area contributed by atoms with Crippen molar-refractivity contribution in [3.8, 4) is 0 Å². The van der Waals surface area contributed by atoms with Crippen molar-refractivity contribution in [2.24, 2.45) is 0 Å². The molecule has 1 aromatic rings. The second-order valence-corrected chi connectivity index (χ2v) is 4.40. The van der Waals surface area contributed by atoms with Gasteiger partial charge in [-0.05, 0) is 12.1 Å². The molecule has 0 spiro atoms. The van der Waals surface area contributed by atoms with Crippen LogP contribution in [0.3, 0.4) is 0 Å². The Labute approximate surface area is 83.6 Å². The molecule has 5 nitrogen and oxygen atoms in total. The van der Waals surface area contributed by atoms with Crippen LogP contribution in [0.4, 0.5) is 5.82 Å². The first kappa shape index (κ1) is 10.9. The van der Waals surface area contributed by atoms with Crippen LogP contribution in [0, 0.1) is 0 Å². The molecule has 0 aliphatic carbocycles. The lowest BCUT2D eigenvalue weighted by Gasteiger charge is -2.04. The van der Waals surface area contributed by atoms with Crippen LogP contribution in [-0.4, -0.2) is 27.0 Å². The van der Waals surface area contributed by atoms with Crippen molar-refractivity contribution in [1.82, 2.24) is 9.71 Å². The smallest absolute Gasteiger partial charge is 0.242 e. The molecule has 0 saturated carbocycles. The number of anilines is 1. The van der Waals surface area contributed by atoms with Gasteiger partial charge in [0.2, 0.25) is 10.0 Å². The molecule has 14 heavy (non-hydrogen) atoms. The van der Waals surface area contributed by atoms with E-state index in [4.69, 9.17) is 0 Å². The summed E-state index contributed by atoms with van der Waals surface area (Å²) in [5, 5.41) is 2.81. The summed E-state index contributed by atoms with van der Waals surface area (Å²) < 4.78 is 25.3. The van der Waals surface area contributed by atoms with Crippen LogP contribution in [0.25, 0.3) is 0 Å². The average molecular weight is 215 g/mol. The minimum absolute atomic E-state index is 0.179. The van der Waals surface area contributed by atoms with Gasteiger partial charge in [-0.3, -0.25) is 0 Å². The molecule has 1 aromatic heterocycles. The fourth-order valence-electron chi connectivity index (χ4n) is 0.960. The van der Waals surface area contributed by atoms with Crippen LogP contribution in [0.15, 0.2) is 23.2 Å². The van der Waals surface area contributed by atoms with E-state index in [1.165, 1.54) is 12.3 Å². The van der Waals surface area contributed by atoms with E-state index >= 15 is 0 Å². The highest BCUT2D eigenvalue weighted by atomic mass is 32.2. The molecule has 1 heterocycles. The van der Waals surface area contributed by atoms with Gasteiger partial charge in [-0.1, -0.05) is 6.92 Å². The van der Waals surface area contributed by atoms with Gasteiger partial charge in [-0.25, -0.2) is 18.1 Å². The Morgan fingerprint density at radius 3 is 2.57 bits per heavy atom. The average Bonchev–Trinajstić information content (AvgIpc) is 2.18. The summed E-state index contributed by atoms with van der Waals surface area (Å²) in [5.41, 5.74) is 0. The Kier molecular flexibility index (Phi) is 3.43. The second-order valence-electron chi connectivity index (χ2n) is 2.63. The molecule has 0 atom stereocenters. The summed E-state index contributed by atoms with van der Waals surface area (Å²) in [7, 11) is -1.65. The summed E-state index contributed by atoms with van der Waals surface area (Å²) in [6, 6.07) is 3.13. The van der Waals surface area contributed by atoms with Crippen molar-refractivity contribution in [3.63, 3.8) is 0 Å². The van der Waals surface area contributed by atoms with Gasteiger partial charge in [0, 0.05) is 19.8 Å². The number of rotatable bonds is 4. The van der Waals surface area contributed by atoms with Crippen LogP contribution in [-0.2, 0) is 10.0 Å². The molecule has 2 N–H and O–H groups in total. The highest BCUT2D eigenvalue weighted by Crippen LogP contribution is 2.09. The SMILES string of the molecule is CCNS(=O)(=O)c1ccc(NC)nc1. The zero-order valence-electron chi connectivity index (χ0n) is 8.11. The van der Waals surface area contributed by atoms with Gasteiger partial charge in [0.05, 0.1) is 0 Å². The van der Waals surface area contributed by atoms with Gasteiger partial charge >= 0.3 is 0 Å². The fourth-order valence-corrected chi connectivity index (χ4v) is 1.95. The molecule has 0 saturated heterocycles. The summed E-state index contributed by atoms with van der Waals surface area (Å²) in [4.78, 5) is 4.09. The number of nitrogens with zero attached hydrogens (tertiary/aromatic N) is 1. The van der Waals surface area contributed by atoms with Crippen LogP contribution in [0.1, 0.15) is 6.92 Å². The standard InChI is InChI=1S/C8H13N3O2S/c1-3-11-14(12,13)7-4-5-8(9-2)10-6-7/h4-6,11H,3H2,1-2H3,(H,9,10). The molecule has 0 fully saturated rings. The van der Waals surface area contributed by atoms with Crippen molar-refractivity contribution < 1.29 is 8.42 Å². The van der Waals surface area contributed by atoms with Gasteiger partial charge < -0.3 is 5.32 Å². The normalized spacial score (nSPS) is 11.3. The number of aromatic nitrogens is 1. The van der Waals surface area contributed by atoms with Crippen LogP contribution < -0.4 is 10.0 Å². The predicted octanol–water partition coefficient (Wildman–Crippen LogP) is 0.421. The first-order valence-electron chi connectivity index (χ1n) is 4.23. The number of nitrogens with one attached hydrogen (secondary N) is 2. The van der Waals surface area contributed by atoms with E-state index in [9.17, 15) is 8.42 Å². The highest BCUT2D eigenvalue weighted by molar-refractivity contribution is 7.89. The summed E-state index contributed by atoms with van der Waals surface area (Å²) >= 11 is 0. The lowest BCUT2D eigenvalue weighted by molar-refractivity contribution is 0.583. The number of hydrogen-bond acceptors (Lipinski definition) is 4. The van der Waals surface area contributed by atoms with Gasteiger partial charge in [-0.2, -0.15) is 0 Å². The Bertz CT molecular complexity index is 386. The minimum atomic E-state index is -3.38. The van der Waals surface area contributed by atoms with E-state index in [1.54, 1.807) is 20.0 Å². The fraction of sp³-hybridized carbons (Fsp3) is 0.375. The molecule has 0 aliphatic heterocycles. The summed E-state index contributed by atoms with van der Waals surface area (Å²) in [6.07, 6.45) is 1.32. The lowest BCUT2D eigenvalue weighted by Crippen LogP contribution is -2.23. The molecule has 6 heteroatoms. The molecule has 1 rings (SSSR count). The number of sulfonamides is 1. The molecule has 0 unspecified atom stereocenters. The molecule has 0 radical (unpaired) electrons. The Morgan fingerprint density at radius 2 is 2.14 bits per heavy atom. The van der Waals surface area contributed by atoms with Crippen molar-refractivity contribution in [1.29, 1.82) is 0 Å². The molecule has 0 bridgehead atoms. The Hall–Kier alpha value is -1.14. The highest BCUT2D eigenvalue weighted by Gasteiger charge is 2.12. The first-order chi connectivity index (χ1) is 6.60. The van der Waals surface area contributed by atoms with E-state index in [0.29, 0.717) is 12.4 Å². The molecule has 78 valence electrons. The van der Waals surface area contributed by atoms with Crippen LogP contribution in [0.2, 0.25) is 0 Å². The van der Waals surface area contributed by atoms with Gasteiger partial charge in [0.1, 0.15) is 10.7 Å². The van der Waals surface area contributed by atoms with Crippen molar-refractivity contribution in [2.45, 2.75) is 11.8 Å². The van der Waals surface area contributed by atoms with E-state index in [0.717, 1.165) is 0 Å². The monoisotopic (exact) mass is 215 g/mol. The summed E-state index contributed by atoms with van der Waals surface area (Å²) in [5.74, 6) is 0.639. The van der Waals surface area contributed by atoms with Gasteiger partial charge in [0.15, 0.2) is 0 Å². The maximum Gasteiger partial charge on any atom is 0.242 e. The van der Waals surface area contributed by atoms with E-state index in [-0.39, 0.29) is 4.90 Å². The maximum absolute atomic E-state index is 11.5. The third kappa shape index (κ3) is 2.43. The molecular formula is C8H13N3O2S. The first-order valence-corrected chi connectivity index (χ1v) is 5.72. The number of pyridine rings is 1. The van der Waals surface area contributed by atoms with E-state index in [2.05, 4.69) is 15.0 Å². The van der Waals surface area contributed by atoms with Crippen molar-refractivity contribution >= 4 is 15.8 Å². The summed E-state index contributed by atoms with van der Waals surface area (Å²) in [6.45, 7) is 2.10. The zero-order valence-corrected chi connectivity index (χ0v) is 8.93. The van der Waals surface area contributed by atoms with E-state index in [1.807, 2.05) is 0 Å².